The SMILES string of the molecule is CC[NH+](Nc1ccc2c(S(=O)(=O)O)cccc2c1S(=O)(=O)O)c1ccccc1. The largest absolute Gasteiger partial charge is 0.297 e. The van der Waals surface area contributed by atoms with E-state index in [-0.39, 0.29) is 16.5 Å². The first-order valence-corrected chi connectivity index (χ1v) is 11.2. The van der Waals surface area contributed by atoms with Crippen LogP contribution in [0.15, 0.2) is 70.5 Å². The normalized spacial score (nSPS) is 13.4. The van der Waals surface area contributed by atoms with Gasteiger partial charge in [-0.05, 0) is 19.1 Å². The minimum Gasteiger partial charge on any atom is -0.282 e. The van der Waals surface area contributed by atoms with E-state index in [0.29, 0.717) is 6.54 Å². The van der Waals surface area contributed by atoms with E-state index in [2.05, 4.69) is 5.43 Å². The molecule has 0 heterocycles. The monoisotopic (exact) mass is 423 g/mol. The van der Waals surface area contributed by atoms with Gasteiger partial charge in [0, 0.05) is 22.9 Å². The molecule has 4 N–H and O–H groups in total. The number of hydrogen-bond acceptors (Lipinski definition) is 5. The van der Waals surface area contributed by atoms with Gasteiger partial charge in [0.15, 0.2) is 5.69 Å². The van der Waals surface area contributed by atoms with Crippen molar-refractivity contribution in [3.05, 3.63) is 60.7 Å². The van der Waals surface area contributed by atoms with Gasteiger partial charge in [-0.25, -0.2) is 10.4 Å². The molecule has 1 atom stereocenters. The van der Waals surface area contributed by atoms with E-state index in [9.17, 15) is 25.9 Å². The first-order chi connectivity index (χ1) is 13.1. The number of fused-ring (bicyclic) bond motifs is 1. The highest BCUT2D eigenvalue weighted by molar-refractivity contribution is 7.86. The second-order valence-electron chi connectivity index (χ2n) is 6.07. The summed E-state index contributed by atoms with van der Waals surface area (Å²) in [4.78, 5) is -0.901. The molecule has 0 aliphatic heterocycles. The van der Waals surface area contributed by atoms with Crippen LogP contribution in [0.4, 0.5) is 11.4 Å². The minimum absolute atomic E-state index is 0.0130. The van der Waals surface area contributed by atoms with Crippen LogP contribution in [-0.4, -0.2) is 32.5 Å². The van der Waals surface area contributed by atoms with Crippen molar-refractivity contribution >= 4 is 42.4 Å². The lowest BCUT2D eigenvalue weighted by atomic mass is 10.1. The van der Waals surface area contributed by atoms with E-state index in [1.54, 1.807) is 0 Å². The smallest absolute Gasteiger partial charge is 0.282 e. The van der Waals surface area contributed by atoms with E-state index in [4.69, 9.17) is 0 Å². The van der Waals surface area contributed by atoms with Gasteiger partial charge in [0.25, 0.3) is 20.2 Å². The van der Waals surface area contributed by atoms with Crippen molar-refractivity contribution in [2.45, 2.75) is 16.7 Å². The van der Waals surface area contributed by atoms with Gasteiger partial charge in [-0.15, -0.1) is 0 Å². The molecule has 0 amide bonds. The highest BCUT2D eigenvalue weighted by atomic mass is 32.2. The highest BCUT2D eigenvalue weighted by Crippen LogP contribution is 2.33. The maximum atomic E-state index is 12.1. The molecule has 28 heavy (non-hydrogen) atoms. The van der Waals surface area contributed by atoms with Crippen LogP contribution in [0.25, 0.3) is 10.8 Å². The summed E-state index contributed by atoms with van der Waals surface area (Å²) >= 11 is 0. The molecule has 0 aromatic heterocycles. The first-order valence-electron chi connectivity index (χ1n) is 8.32. The zero-order valence-electron chi connectivity index (χ0n) is 14.8. The molecule has 0 saturated carbocycles. The molecular weight excluding hydrogens is 404 g/mol. The van der Waals surface area contributed by atoms with Gasteiger partial charge in [-0.1, -0.05) is 36.4 Å². The molecule has 3 rings (SSSR count). The second-order valence-corrected chi connectivity index (χ2v) is 8.82. The Hall–Kier alpha value is -2.50. The Labute approximate surface area is 162 Å². The van der Waals surface area contributed by atoms with Crippen LogP contribution in [0.5, 0.6) is 0 Å². The molecule has 0 aliphatic rings. The fourth-order valence-electron chi connectivity index (χ4n) is 3.07. The van der Waals surface area contributed by atoms with Crippen LogP contribution in [0.2, 0.25) is 0 Å². The van der Waals surface area contributed by atoms with Crippen molar-refractivity contribution in [2.75, 3.05) is 12.0 Å². The molecular formula is C18H19N2O6S2+. The van der Waals surface area contributed by atoms with Gasteiger partial charge in [0.1, 0.15) is 22.0 Å². The molecule has 3 aromatic carbocycles. The zero-order chi connectivity index (χ0) is 20.5. The van der Waals surface area contributed by atoms with Crippen LogP contribution in [0, 0.1) is 0 Å². The van der Waals surface area contributed by atoms with Gasteiger partial charge in [0.2, 0.25) is 0 Å². The average Bonchev–Trinajstić information content (AvgIpc) is 2.64. The second kappa shape index (κ2) is 7.49. The van der Waals surface area contributed by atoms with Gasteiger partial charge in [0.05, 0.1) is 0 Å². The molecule has 0 aliphatic carbocycles. The number of benzene rings is 3. The maximum absolute atomic E-state index is 12.1. The first kappa shape index (κ1) is 20.2. The van der Waals surface area contributed by atoms with E-state index < -0.39 is 30.0 Å². The van der Waals surface area contributed by atoms with Crippen molar-refractivity contribution in [2.24, 2.45) is 0 Å². The van der Waals surface area contributed by atoms with Gasteiger partial charge in [-0.3, -0.25) is 9.11 Å². The quantitative estimate of drug-likeness (QED) is 0.352. The Morgan fingerprint density at radius 2 is 1.50 bits per heavy atom. The maximum Gasteiger partial charge on any atom is 0.297 e. The Bertz CT molecular complexity index is 1230. The molecule has 0 radical (unpaired) electrons. The summed E-state index contributed by atoms with van der Waals surface area (Å²) < 4.78 is 66.8. The summed E-state index contributed by atoms with van der Waals surface area (Å²) in [6.45, 7) is 2.44. The van der Waals surface area contributed by atoms with Crippen molar-refractivity contribution in [3.8, 4) is 0 Å². The Morgan fingerprint density at radius 3 is 2.07 bits per heavy atom. The molecule has 1 unspecified atom stereocenters. The Kier molecular flexibility index (Phi) is 5.41. The van der Waals surface area contributed by atoms with Gasteiger partial charge < -0.3 is 0 Å². The summed E-state index contributed by atoms with van der Waals surface area (Å²) in [7, 11) is -9.29. The van der Waals surface area contributed by atoms with E-state index in [0.717, 1.165) is 16.8 Å². The third-order valence-electron chi connectivity index (χ3n) is 4.27. The summed E-state index contributed by atoms with van der Waals surface area (Å²) in [5.41, 5.74) is 3.98. The molecule has 8 nitrogen and oxygen atoms in total. The Balaban J connectivity index is 2.24. The summed E-state index contributed by atoms with van der Waals surface area (Å²) in [5.74, 6) is 0. The number of quaternary nitrogens is 1. The summed E-state index contributed by atoms with van der Waals surface area (Å²) in [5, 5.41) is 0.683. The third-order valence-corrected chi connectivity index (χ3v) is 6.14. The van der Waals surface area contributed by atoms with Gasteiger partial charge >= 0.3 is 0 Å². The van der Waals surface area contributed by atoms with Gasteiger partial charge in [-0.2, -0.15) is 16.8 Å². The number of hydrogen-bond donors (Lipinski definition) is 4. The fraction of sp³-hybridized carbons (Fsp3) is 0.111. The fourth-order valence-corrected chi connectivity index (χ4v) is 4.63. The number of rotatable bonds is 6. The van der Waals surface area contributed by atoms with Crippen LogP contribution < -0.4 is 10.4 Å². The van der Waals surface area contributed by atoms with Crippen molar-refractivity contribution in [1.29, 1.82) is 0 Å². The lowest BCUT2D eigenvalue weighted by Crippen LogP contribution is -3.10. The topological polar surface area (TPSA) is 125 Å². The van der Waals surface area contributed by atoms with Crippen LogP contribution >= 0.6 is 0 Å². The number of nitrogens with one attached hydrogen (secondary N) is 2. The number of para-hydroxylation sites is 1. The molecule has 0 spiro atoms. The van der Waals surface area contributed by atoms with Crippen LogP contribution in [0.3, 0.4) is 0 Å². The predicted molar refractivity (Wildman–Crippen MR) is 105 cm³/mol. The van der Waals surface area contributed by atoms with Crippen LogP contribution in [0.1, 0.15) is 6.92 Å². The molecule has 0 fully saturated rings. The summed E-state index contributed by atoms with van der Waals surface area (Å²) in [6.07, 6.45) is 0. The lowest BCUT2D eigenvalue weighted by molar-refractivity contribution is -0.806. The van der Waals surface area contributed by atoms with Crippen molar-refractivity contribution < 1.29 is 31.0 Å². The standard InChI is InChI=1S/C18H18N2O6S2/c1-2-20(13-7-4-3-5-8-13)19-16-12-11-14-15(18(16)28(24,25)26)9-6-10-17(14)27(21,22)23/h3-12,19H,2H2,1H3,(H,21,22,23)(H,24,25,26)/p+1. The predicted octanol–water partition coefficient (Wildman–Crippen LogP) is 1.90. The Morgan fingerprint density at radius 1 is 0.821 bits per heavy atom. The molecule has 0 bridgehead atoms. The van der Waals surface area contributed by atoms with Crippen LogP contribution in [-0.2, 0) is 20.2 Å². The molecule has 3 aromatic rings. The number of anilines is 1. The molecule has 0 saturated heterocycles. The zero-order valence-corrected chi connectivity index (χ0v) is 16.5. The van der Waals surface area contributed by atoms with E-state index in [1.807, 2.05) is 37.3 Å². The van der Waals surface area contributed by atoms with Crippen molar-refractivity contribution in [3.63, 3.8) is 0 Å². The molecule has 10 heteroatoms. The van der Waals surface area contributed by atoms with E-state index in [1.165, 1.54) is 24.3 Å². The minimum atomic E-state index is -4.71. The lowest BCUT2D eigenvalue weighted by Gasteiger charge is -2.21. The highest BCUT2D eigenvalue weighted by Gasteiger charge is 2.25. The van der Waals surface area contributed by atoms with E-state index >= 15 is 0 Å². The average molecular weight is 423 g/mol. The van der Waals surface area contributed by atoms with Crippen molar-refractivity contribution in [1.82, 2.24) is 0 Å². The third kappa shape index (κ3) is 4.01. The summed E-state index contributed by atoms with van der Waals surface area (Å²) in [6, 6.07) is 15.8. The molecule has 148 valence electrons.